The molecule has 1 atom stereocenters. The summed E-state index contributed by atoms with van der Waals surface area (Å²) in [7, 11) is -2.12. The lowest BCUT2D eigenvalue weighted by Gasteiger charge is -2.24. The molecule has 0 saturated heterocycles. The van der Waals surface area contributed by atoms with Gasteiger partial charge in [-0.1, -0.05) is 57.0 Å². The molecule has 0 radical (unpaired) electrons. The number of carbonyl (C=O) groups is 1. The topological polar surface area (TPSA) is 67.3 Å². The summed E-state index contributed by atoms with van der Waals surface area (Å²) in [6.45, 7) is 7.72. The average molecular weight is 443 g/mol. The van der Waals surface area contributed by atoms with Crippen molar-refractivity contribution in [1.82, 2.24) is 4.98 Å². The van der Waals surface area contributed by atoms with Crippen molar-refractivity contribution < 1.29 is 13.2 Å². The van der Waals surface area contributed by atoms with Crippen LogP contribution in [0.5, 0.6) is 0 Å². The minimum Gasteiger partial charge on any atom is -0.292 e. The van der Waals surface area contributed by atoms with Gasteiger partial charge in [-0.3, -0.25) is 14.1 Å². The molecule has 0 aliphatic rings. The van der Waals surface area contributed by atoms with E-state index in [1.54, 1.807) is 25.3 Å². The first-order chi connectivity index (χ1) is 12.8. The van der Waals surface area contributed by atoms with E-state index in [9.17, 15) is 13.2 Å². The minimum absolute atomic E-state index is 0.134. The molecule has 0 N–H and O–H groups in total. The number of halogens is 2. The van der Waals surface area contributed by atoms with Gasteiger partial charge in [-0.15, -0.1) is 0 Å². The summed E-state index contributed by atoms with van der Waals surface area (Å²) in [6.07, 6.45) is 2.65. The van der Waals surface area contributed by atoms with Crippen LogP contribution in [0.4, 0.5) is 5.69 Å². The lowest BCUT2D eigenvalue weighted by atomic mass is 9.82. The smallest absolute Gasteiger partial charge is 0.232 e. The van der Waals surface area contributed by atoms with E-state index in [2.05, 4.69) is 4.98 Å². The fourth-order valence-electron chi connectivity index (χ4n) is 2.92. The number of benzene rings is 1. The lowest BCUT2D eigenvalue weighted by molar-refractivity contribution is 0.0959. The first-order valence-electron chi connectivity index (χ1n) is 8.68. The number of hydrogen-bond acceptors (Lipinski definition) is 4. The minimum atomic E-state index is -3.52. The van der Waals surface area contributed by atoms with Gasteiger partial charge in [0.25, 0.3) is 0 Å². The van der Waals surface area contributed by atoms with Crippen LogP contribution in [0.15, 0.2) is 30.5 Å². The number of hydrogen-bond donors (Lipinski definition) is 0. The molecule has 5 nitrogen and oxygen atoms in total. The van der Waals surface area contributed by atoms with Gasteiger partial charge in [0.05, 0.1) is 17.0 Å². The van der Waals surface area contributed by atoms with Crippen molar-refractivity contribution in [1.29, 1.82) is 0 Å². The number of pyridine rings is 1. The van der Waals surface area contributed by atoms with Crippen molar-refractivity contribution in [3.63, 3.8) is 0 Å². The highest BCUT2D eigenvalue weighted by Gasteiger charge is 2.30. The summed E-state index contributed by atoms with van der Waals surface area (Å²) in [5.41, 5.74) is 1.55. The molecule has 0 aliphatic heterocycles. The molecule has 0 aliphatic carbocycles. The van der Waals surface area contributed by atoms with Gasteiger partial charge in [0.2, 0.25) is 10.0 Å². The van der Waals surface area contributed by atoms with E-state index >= 15 is 0 Å². The number of rotatable bonds is 5. The zero-order chi connectivity index (χ0) is 21.4. The third-order valence-corrected chi connectivity index (χ3v) is 6.54. The predicted molar refractivity (Wildman–Crippen MR) is 115 cm³/mol. The molecule has 0 spiro atoms. The zero-order valence-corrected chi connectivity index (χ0v) is 19.1. The van der Waals surface area contributed by atoms with Gasteiger partial charge in [-0.25, -0.2) is 8.42 Å². The molecule has 0 fully saturated rings. The molecule has 1 aromatic heterocycles. The van der Waals surface area contributed by atoms with Crippen LogP contribution in [0.2, 0.25) is 10.0 Å². The molecule has 0 amide bonds. The Morgan fingerprint density at radius 1 is 1.18 bits per heavy atom. The number of aromatic nitrogens is 1. The maximum atomic E-state index is 13.3. The van der Waals surface area contributed by atoms with Crippen LogP contribution in [0.1, 0.15) is 55.2 Å². The SMILES string of the molecule is CC(C(=O)c1ncccc1C(C)(C)C)c1c(Cl)ccc(N(C)S(C)(=O)=O)c1Cl. The molecule has 1 heterocycles. The highest BCUT2D eigenvalue weighted by molar-refractivity contribution is 7.92. The Kier molecular flexibility index (Phi) is 6.48. The van der Waals surface area contributed by atoms with E-state index in [0.717, 1.165) is 16.1 Å². The first-order valence-corrected chi connectivity index (χ1v) is 11.3. The summed E-state index contributed by atoms with van der Waals surface area (Å²) in [5, 5.41) is 0.430. The molecule has 0 bridgehead atoms. The molecule has 152 valence electrons. The molecule has 28 heavy (non-hydrogen) atoms. The number of carbonyl (C=O) groups excluding carboxylic acids is 1. The number of nitrogens with zero attached hydrogens (tertiary/aromatic N) is 2. The van der Waals surface area contributed by atoms with Crippen molar-refractivity contribution in [2.45, 2.75) is 39.0 Å². The number of anilines is 1. The van der Waals surface area contributed by atoms with Crippen LogP contribution < -0.4 is 4.31 Å². The highest BCUT2D eigenvalue weighted by Crippen LogP contribution is 2.40. The number of Topliss-reactive ketones (excluding diaryl/α,β-unsaturated/α-hetero) is 1. The van der Waals surface area contributed by atoms with Crippen LogP contribution >= 0.6 is 23.2 Å². The van der Waals surface area contributed by atoms with Crippen LogP contribution in [0.3, 0.4) is 0 Å². The number of sulfonamides is 1. The zero-order valence-electron chi connectivity index (χ0n) is 16.7. The summed E-state index contributed by atoms with van der Waals surface area (Å²) in [6, 6.07) is 6.74. The van der Waals surface area contributed by atoms with E-state index < -0.39 is 15.9 Å². The molecule has 8 heteroatoms. The summed E-state index contributed by atoms with van der Waals surface area (Å²) in [5.74, 6) is -0.933. The predicted octanol–water partition coefficient (Wildman–Crippen LogP) is 5.07. The van der Waals surface area contributed by atoms with E-state index in [1.807, 2.05) is 26.8 Å². The normalized spacial score (nSPS) is 13.3. The molecule has 1 aromatic carbocycles. The van der Waals surface area contributed by atoms with E-state index in [0.29, 0.717) is 16.3 Å². The lowest BCUT2D eigenvalue weighted by Crippen LogP contribution is -2.26. The fraction of sp³-hybridized carbons (Fsp3) is 0.400. The Bertz CT molecular complexity index is 1010. The van der Waals surface area contributed by atoms with Gasteiger partial charge in [0.15, 0.2) is 5.78 Å². The van der Waals surface area contributed by atoms with Gasteiger partial charge in [-0.05, 0) is 29.2 Å². The van der Waals surface area contributed by atoms with Gasteiger partial charge in [0.1, 0.15) is 5.69 Å². The Labute approximate surface area is 176 Å². The summed E-state index contributed by atoms with van der Waals surface area (Å²) in [4.78, 5) is 17.6. The maximum absolute atomic E-state index is 13.3. The van der Waals surface area contributed by atoms with Crippen LogP contribution in [-0.4, -0.2) is 32.5 Å². The van der Waals surface area contributed by atoms with Crippen LogP contribution in [-0.2, 0) is 15.4 Å². The van der Waals surface area contributed by atoms with Gasteiger partial charge < -0.3 is 0 Å². The molecule has 2 rings (SSSR count). The third kappa shape index (κ3) is 4.50. The van der Waals surface area contributed by atoms with E-state index in [-0.39, 0.29) is 21.9 Å². The second-order valence-corrected chi connectivity index (χ2v) is 10.6. The second-order valence-electron chi connectivity index (χ2n) is 7.76. The van der Waals surface area contributed by atoms with Gasteiger partial charge >= 0.3 is 0 Å². The van der Waals surface area contributed by atoms with Crippen LogP contribution in [0, 0.1) is 0 Å². The first kappa shape index (κ1) is 22.7. The molecular weight excluding hydrogens is 419 g/mol. The van der Waals surface area contributed by atoms with Gasteiger partial charge in [-0.2, -0.15) is 0 Å². The average Bonchev–Trinajstić information content (AvgIpc) is 2.59. The molecular formula is C20H24Cl2N2O3S. The van der Waals surface area contributed by atoms with Crippen molar-refractivity contribution in [3.05, 3.63) is 57.3 Å². The standard InChI is InChI=1S/C20H24Cl2N2O3S/c1-12(19(25)18-13(20(2,3)4)8-7-11-23-18)16-14(21)9-10-15(17(16)22)24(5)28(6,26)27/h7-12H,1-6H3. The van der Waals surface area contributed by atoms with Crippen molar-refractivity contribution >= 4 is 44.7 Å². The van der Waals surface area contributed by atoms with Crippen molar-refractivity contribution in [3.8, 4) is 0 Å². The van der Waals surface area contributed by atoms with Crippen molar-refractivity contribution in [2.75, 3.05) is 17.6 Å². The molecule has 1 unspecified atom stereocenters. The van der Waals surface area contributed by atoms with E-state index in [4.69, 9.17) is 23.2 Å². The summed E-state index contributed by atoms with van der Waals surface area (Å²) >= 11 is 12.9. The third-order valence-electron chi connectivity index (χ3n) is 4.62. The maximum Gasteiger partial charge on any atom is 0.232 e. The summed E-state index contributed by atoms with van der Waals surface area (Å²) < 4.78 is 24.9. The fourth-order valence-corrected chi connectivity index (χ4v) is 4.30. The Balaban J connectivity index is 2.60. The Morgan fingerprint density at radius 2 is 1.79 bits per heavy atom. The number of ketones is 1. The van der Waals surface area contributed by atoms with Crippen LogP contribution in [0.25, 0.3) is 0 Å². The molecule has 2 aromatic rings. The largest absolute Gasteiger partial charge is 0.292 e. The molecule has 0 saturated carbocycles. The second kappa shape index (κ2) is 8.01. The monoisotopic (exact) mass is 442 g/mol. The van der Waals surface area contributed by atoms with Gasteiger partial charge in [0, 0.05) is 29.7 Å². The highest BCUT2D eigenvalue weighted by atomic mass is 35.5. The Morgan fingerprint density at radius 3 is 2.32 bits per heavy atom. The van der Waals surface area contributed by atoms with Crippen molar-refractivity contribution in [2.24, 2.45) is 0 Å². The Hall–Kier alpha value is -1.63. The van der Waals surface area contributed by atoms with E-state index in [1.165, 1.54) is 13.1 Å². The quantitative estimate of drug-likeness (QED) is 0.606.